The molecule has 1 aromatic heterocycles. The minimum absolute atomic E-state index is 0.681. The minimum Gasteiger partial charge on any atom is -0.179 e. The van der Waals surface area contributed by atoms with Crippen LogP contribution in [0.5, 0.6) is 0 Å². The Labute approximate surface area is 89.2 Å². The molecule has 0 nitrogen and oxygen atoms in total. The highest BCUT2D eigenvalue weighted by Crippen LogP contribution is 2.27. The maximum atomic E-state index is 4.26. The third kappa shape index (κ3) is 3.04. The van der Waals surface area contributed by atoms with Gasteiger partial charge in [-0.3, -0.25) is 0 Å². The second kappa shape index (κ2) is 5.95. The summed E-state index contributed by atoms with van der Waals surface area (Å²) in [6.07, 6.45) is 2.34. The van der Waals surface area contributed by atoms with E-state index < -0.39 is 0 Å². The lowest BCUT2D eigenvalue weighted by molar-refractivity contribution is 0.666. The average molecular weight is 218 g/mol. The normalized spacial score (nSPS) is 10.9. The summed E-state index contributed by atoms with van der Waals surface area (Å²) in [5.41, 5.74) is 0. The molecule has 0 saturated heterocycles. The molecule has 0 fully saturated rings. The topological polar surface area (TPSA) is 0 Å². The number of thiol groups is 2. The summed E-state index contributed by atoms with van der Waals surface area (Å²) in [4.78, 5) is 1.48. The Morgan fingerprint density at radius 3 is 2.33 bits per heavy atom. The molecule has 0 amide bonds. The Morgan fingerprint density at radius 1 is 1.25 bits per heavy atom. The van der Waals surface area contributed by atoms with Crippen molar-refractivity contribution in [2.45, 2.75) is 18.8 Å². The largest absolute Gasteiger partial charge is 0.179 e. The van der Waals surface area contributed by atoms with Gasteiger partial charge in [-0.05, 0) is 41.7 Å². The lowest BCUT2D eigenvalue weighted by Crippen LogP contribution is -1.98. The molecule has 0 bridgehead atoms. The monoisotopic (exact) mass is 218 g/mol. The van der Waals surface area contributed by atoms with Crippen LogP contribution in [-0.4, -0.2) is 11.5 Å². The van der Waals surface area contributed by atoms with E-state index in [0.717, 1.165) is 11.5 Å². The van der Waals surface area contributed by atoms with E-state index in [-0.39, 0.29) is 0 Å². The SMILES string of the molecule is SCCC(CCS)c1cccs1. The van der Waals surface area contributed by atoms with E-state index in [1.54, 1.807) is 0 Å². The Balaban J connectivity index is 2.53. The summed E-state index contributed by atoms with van der Waals surface area (Å²) in [6.45, 7) is 0. The Kier molecular flexibility index (Phi) is 5.19. The first kappa shape index (κ1) is 10.5. The van der Waals surface area contributed by atoms with Gasteiger partial charge in [0.1, 0.15) is 0 Å². The van der Waals surface area contributed by atoms with Crippen LogP contribution >= 0.6 is 36.6 Å². The van der Waals surface area contributed by atoms with E-state index in [9.17, 15) is 0 Å². The molecule has 3 heteroatoms. The van der Waals surface area contributed by atoms with Gasteiger partial charge in [0.05, 0.1) is 0 Å². The van der Waals surface area contributed by atoms with Gasteiger partial charge in [0, 0.05) is 4.88 Å². The van der Waals surface area contributed by atoms with Crippen molar-refractivity contribution in [3.63, 3.8) is 0 Å². The molecule has 0 aliphatic carbocycles. The second-order valence-electron chi connectivity index (χ2n) is 2.74. The van der Waals surface area contributed by atoms with Crippen LogP contribution in [0.1, 0.15) is 23.6 Å². The molecule has 0 unspecified atom stereocenters. The number of hydrogen-bond donors (Lipinski definition) is 2. The highest BCUT2D eigenvalue weighted by molar-refractivity contribution is 7.80. The zero-order valence-electron chi connectivity index (χ0n) is 6.94. The van der Waals surface area contributed by atoms with Gasteiger partial charge >= 0.3 is 0 Å². The standard InChI is InChI=1S/C9H14S3/c10-5-3-8(4-6-11)9-2-1-7-12-9/h1-2,7-8,10-11H,3-6H2. The van der Waals surface area contributed by atoms with E-state index in [1.807, 2.05) is 11.3 Å². The summed E-state index contributed by atoms with van der Waals surface area (Å²) in [6, 6.07) is 4.33. The third-order valence-electron chi connectivity index (χ3n) is 1.90. The van der Waals surface area contributed by atoms with Gasteiger partial charge in [-0.2, -0.15) is 25.3 Å². The fourth-order valence-corrected chi connectivity index (χ4v) is 2.79. The van der Waals surface area contributed by atoms with Crippen LogP contribution in [-0.2, 0) is 0 Å². The van der Waals surface area contributed by atoms with Crippen LogP contribution in [0.4, 0.5) is 0 Å². The molecule has 12 heavy (non-hydrogen) atoms. The van der Waals surface area contributed by atoms with E-state index in [2.05, 4.69) is 42.8 Å². The fourth-order valence-electron chi connectivity index (χ4n) is 1.26. The first-order chi connectivity index (χ1) is 5.88. The highest BCUT2D eigenvalue weighted by Gasteiger charge is 2.09. The molecule has 0 spiro atoms. The van der Waals surface area contributed by atoms with Crippen molar-refractivity contribution >= 4 is 36.6 Å². The summed E-state index contributed by atoms with van der Waals surface area (Å²) in [5.74, 6) is 2.62. The molecule has 1 heterocycles. The van der Waals surface area contributed by atoms with Crippen molar-refractivity contribution in [3.8, 4) is 0 Å². The van der Waals surface area contributed by atoms with Crippen LogP contribution in [0.15, 0.2) is 17.5 Å². The summed E-state index contributed by atoms with van der Waals surface area (Å²) < 4.78 is 0. The lowest BCUT2D eigenvalue weighted by atomic mass is 10.0. The van der Waals surface area contributed by atoms with Crippen LogP contribution in [0.2, 0.25) is 0 Å². The summed E-state index contributed by atoms with van der Waals surface area (Å²) in [5, 5.41) is 2.14. The molecule has 0 aliphatic rings. The molecule has 1 rings (SSSR count). The van der Waals surface area contributed by atoms with Crippen LogP contribution in [0.3, 0.4) is 0 Å². The van der Waals surface area contributed by atoms with E-state index in [4.69, 9.17) is 0 Å². The van der Waals surface area contributed by atoms with Crippen molar-refractivity contribution < 1.29 is 0 Å². The lowest BCUT2D eigenvalue weighted by Gasteiger charge is -2.11. The van der Waals surface area contributed by atoms with Crippen LogP contribution in [0.25, 0.3) is 0 Å². The smallest absolute Gasteiger partial charge is 0.00767 e. The first-order valence-corrected chi connectivity index (χ1v) is 6.28. The Morgan fingerprint density at radius 2 is 1.92 bits per heavy atom. The predicted molar refractivity (Wildman–Crippen MR) is 64.0 cm³/mol. The van der Waals surface area contributed by atoms with Gasteiger partial charge in [0.15, 0.2) is 0 Å². The molecule has 0 radical (unpaired) electrons. The predicted octanol–water partition coefficient (Wildman–Crippen LogP) is 3.47. The zero-order valence-corrected chi connectivity index (χ0v) is 9.55. The van der Waals surface area contributed by atoms with Gasteiger partial charge in [-0.25, -0.2) is 0 Å². The van der Waals surface area contributed by atoms with Crippen molar-refractivity contribution in [2.24, 2.45) is 0 Å². The number of thiophene rings is 1. The van der Waals surface area contributed by atoms with Crippen molar-refractivity contribution in [1.82, 2.24) is 0 Å². The minimum atomic E-state index is 0.681. The van der Waals surface area contributed by atoms with Gasteiger partial charge in [0.2, 0.25) is 0 Å². The van der Waals surface area contributed by atoms with Gasteiger partial charge in [0.25, 0.3) is 0 Å². The Hall–Kier alpha value is 0.400. The first-order valence-electron chi connectivity index (χ1n) is 4.13. The third-order valence-corrected chi connectivity index (χ3v) is 3.45. The quantitative estimate of drug-likeness (QED) is 0.695. The number of rotatable bonds is 5. The molecular weight excluding hydrogens is 204 g/mol. The average Bonchev–Trinajstić information content (AvgIpc) is 2.56. The molecule has 0 aliphatic heterocycles. The van der Waals surface area contributed by atoms with Crippen LogP contribution < -0.4 is 0 Å². The van der Waals surface area contributed by atoms with Crippen LogP contribution in [0, 0.1) is 0 Å². The summed E-state index contributed by atoms with van der Waals surface area (Å²) >= 11 is 10.4. The molecule has 0 aromatic carbocycles. The second-order valence-corrected chi connectivity index (χ2v) is 4.61. The molecule has 68 valence electrons. The Bertz CT molecular complexity index is 188. The zero-order chi connectivity index (χ0) is 8.81. The van der Waals surface area contributed by atoms with E-state index >= 15 is 0 Å². The molecule has 0 saturated carbocycles. The van der Waals surface area contributed by atoms with Crippen molar-refractivity contribution in [2.75, 3.05) is 11.5 Å². The summed E-state index contributed by atoms with van der Waals surface area (Å²) in [7, 11) is 0. The number of hydrogen-bond acceptors (Lipinski definition) is 3. The van der Waals surface area contributed by atoms with E-state index in [0.29, 0.717) is 5.92 Å². The van der Waals surface area contributed by atoms with Crippen molar-refractivity contribution in [3.05, 3.63) is 22.4 Å². The fraction of sp³-hybridized carbons (Fsp3) is 0.556. The van der Waals surface area contributed by atoms with Gasteiger partial charge in [-0.15, -0.1) is 11.3 Å². The van der Waals surface area contributed by atoms with Gasteiger partial charge in [-0.1, -0.05) is 6.07 Å². The van der Waals surface area contributed by atoms with E-state index in [1.165, 1.54) is 17.7 Å². The van der Waals surface area contributed by atoms with Gasteiger partial charge < -0.3 is 0 Å². The molecule has 0 N–H and O–H groups in total. The maximum Gasteiger partial charge on any atom is 0.00767 e. The maximum absolute atomic E-state index is 4.26. The highest BCUT2D eigenvalue weighted by atomic mass is 32.1. The molecule has 0 atom stereocenters. The molecular formula is C9H14S3. The molecule has 1 aromatic rings. The van der Waals surface area contributed by atoms with Crippen molar-refractivity contribution in [1.29, 1.82) is 0 Å².